The predicted molar refractivity (Wildman–Crippen MR) is 111 cm³/mol. The number of nitrogens with one attached hydrogen (secondary N) is 1. The van der Waals surface area contributed by atoms with Crippen LogP contribution in [0.4, 0.5) is 0 Å². The molecule has 3 rings (SSSR count). The molecule has 142 valence electrons. The molecule has 1 aliphatic heterocycles. The molecule has 3 heterocycles. The van der Waals surface area contributed by atoms with Crippen LogP contribution in [0.15, 0.2) is 16.8 Å². The first-order valence-corrected chi connectivity index (χ1v) is 11.3. The Kier molecular flexibility index (Phi) is 6.84. The Labute approximate surface area is 164 Å². The van der Waals surface area contributed by atoms with Gasteiger partial charge in [0.15, 0.2) is 0 Å². The van der Waals surface area contributed by atoms with Gasteiger partial charge in [-0.1, -0.05) is 13.8 Å². The molecular weight excluding hydrogens is 362 g/mol. The van der Waals surface area contributed by atoms with Crippen molar-refractivity contribution < 1.29 is 4.79 Å². The third-order valence-corrected chi connectivity index (χ3v) is 6.79. The monoisotopic (exact) mass is 391 g/mol. The van der Waals surface area contributed by atoms with Crippen LogP contribution in [0, 0.1) is 18.8 Å². The number of unbranched alkanes of at least 4 members (excludes halogenated alkanes) is 1. The van der Waals surface area contributed by atoms with Crippen molar-refractivity contribution in [3.8, 4) is 10.6 Å². The summed E-state index contributed by atoms with van der Waals surface area (Å²) in [6.07, 6.45) is 3.52. The van der Waals surface area contributed by atoms with Crippen molar-refractivity contribution in [2.75, 3.05) is 26.2 Å². The normalized spacial score (nSPS) is 21.0. The molecule has 2 unspecified atom stereocenters. The molecule has 4 nitrogen and oxygen atoms in total. The molecule has 2 atom stereocenters. The number of aryl methyl sites for hydroxylation is 1. The summed E-state index contributed by atoms with van der Waals surface area (Å²) in [5, 5.41) is 8.11. The van der Waals surface area contributed by atoms with Gasteiger partial charge in [-0.25, -0.2) is 4.98 Å². The molecule has 1 fully saturated rings. The topological polar surface area (TPSA) is 45.2 Å². The van der Waals surface area contributed by atoms with E-state index in [2.05, 4.69) is 34.4 Å². The number of rotatable bonds is 7. The molecule has 1 saturated heterocycles. The molecule has 0 aromatic carbocycles. The average molecular weight is 392 g/mol. The number of amides is 1. The molecule has 0 bridgehead atoms. The maximum Gasteiger partial charge on any atom is 0.263 e. The van der Waals surface area contributed by atoms with Gasteiger partial charge in [0.25, 0.3) is 5.91 Å². The fourth-order valence-electron chi connectivity index (χ4n) is 3.83. The molecule has 1 aliphatic rings. The Balaban J connectivity index is 1.41. The summed E-state index contributed by atoms with van der Waals surface area (Å²) in [5.41, 5.74) is 1.93. The van der Waals surface area contributed by atoms with Gasteiger partial charge in [0.2, 0.25) is 0 Å². The van der Waals surface area contributed by atoms with Crippen molar-refractivity contribution in [2.24, 2.45) is 11.8 Å². The molecule has 0 saturated carbocycles. The first kappa shape index (κ1) is 19.5. The van der Waals surface area contributed by atoms with E-state index in [1.165, 1.54) is 30.8 Å². The zero-order valence-corrected chi connectivity index (χ0v) is 17.6. The molecule has 0 spiro atoms. The van der Waals surface area contributed by atoms with Crippen LogP contribution in [-0.4, -0.2) is 42.0 Å². The molecule has 1 amide bonds. The van der Waals surface area contributed by atoms with Gasteiger partial charge in [-0.3, -0.25) is 4.79 Å². The maximum atomic E-state index is 12.5. The van der Waals surface area contributed by atoms with Gasteiger partial charge in [0.1, 0.15) is 9.88 Å². The van der Waals surface area contributed by atoms with E-state index in [0.717, 1.165) is 58.9 Å². The summed E-state index contributed by atoms with van der Waals surface area (Å²) in [6.45, 7) is 11.0. The molecule has 26 heavy (non-hydrogen) atoms. The van der Waals surface area contributed by atoms with E-state index in [4.69, 9.17) is 0 Å². The standard InChI is InChI=1S/C20H29N3OS2/c1-14-10-15(2)12-23(11-14)8-5-4-7-21-19(24)18-16(3)22-20(26-18)17-6-9-25-13-17/h6,9,13-15H,4-5,7-8,10-12H2,1-3H3,(H,21,24). The summed E-state index contributed by atoms with van der Waals surface area (Å²) in [7, 11) is 0. The number of hydrogen-bond donors (Lipinski definition) is 1. The molecule has 0 aliphatic carbocycles. The summed E-state index contributed by atoms with van der Waals surface area (Å²) in [6, 6.07) is 2.05. The number of thiophene rings is 1. The Morgan fingerprint density at radius 2 is 2.08 bits per heavy atom. The average Bonchev–Trinajstić information content (AvgIpc) is 3.22. The summed E-state index contributed by atoms with van der Waals surface area (Å²) < 4.78 is 0. The minimum absolute atomic E-state index is 0.0155. The molecule has 1 N–H and O–H groups in total. The zero-order chi connectivity index (χ0) is 18.5. The number of aromatic nitrogens is 1. The fourth-order valence-corrected chi connectivity index (χ4v) is 5.53. The van der Waals surface area contributed by atoms with E-state index in [-0.39, 0.29) is 5.91 Å². The molecular formula is C20H29N3OS2. The van der Waals surface area contributed by atoms with Crippen LogP contribution in [0.2, 0.25) is 0 Å². The first-order valence-electron chi connectivity index (χ1n) is 9.53. The quantitative estimate of drug-likeness (QED) is 0.698. The third kappa shape index (κ3) is 5.15. The molecule has 6 heteroatoms. The van der Waals surface area contributed by atoms with Gasteiger partial charge in [-0.2, -0.15) is 11.3 Å². The lowest BCUT2D eigenvalue weighted by molar-refractivity contribution is 0.0955. The van der Waals surface area contributed by atoms with Gasteiger partial charge >= 0.3 is 0 Å². The van der Waals surface area contributed by atoms with E-state index in [1.807, 2.05) is 18.4 Å². The molecule has 0 radical (unpaired) electrons. The Hall–Kier alpha value is -1.24. The second kappa shape index (κ2) is 9.11. The van der Waals surface area contributed by atoms with Crippen molar-refractivity contribution in [3.63, 3.8) is 0 Å². The van der Waals surface area contributed by atoms with Crippen LogP contribution < -0.4 is 5.32 Å². The largest absolute Gasteiger partial charge is 0.351 e. The smallest absolute Gasteiger partial charge is 0.263 e. The van der Waals surface area contributed by atoms with Gasteiger partial charge in [-0.15, -0.1) is 11.3 Å². The van der Waals surface area contributed by atoms with Gasteiger partial charge in [0, 0.05) is 30.6 Å². The number of carbonyl (C=O) groups is 1. The lowest BCUT2D eigenvalue weighted by Gasteiger charge is -2.34. The van der Waals surface area contributed by atoms with Crippen LogP contribution in [0.5, 0.6) is 0 Å². The van der Waals surface area contributed by atoms with E-state index in [0.29, 0.717) is 0 Å². The van der Waals surface area contributed by atoms with Gasteiger partial charge in [0.05, 0.1) is 5.69 Å². The number of thiazole rings is 1. The Bertz CT molecular complexity index is 701. The second-order valence-corrected chi connectivity index (χ2v) is 9.39. The SMILES string of the molecule is Cc1nc(-c2ccsc2)sc1C(=O)NCCCCN1CC(C)CC(C)C1. The predicted octanol–water partition coefficient (Wildman–Crippen LogP) is 4.67. The number of carbonyl (C=O) groups excluding carboxylic acids is 1. The summed E-state index contributed by atoms with van der Waals surface area (Å²) in [5.74, 6) is 1.64. The van der Waals surface area contributed by atoms with E-state index >= 15 is 0 Å². The number of hydrogen-bond acceptors (Lipinski definition) is 5. The first-order chi connectivity index (χ1) is 12.5. The highest BCUT2D eigenvalue weighted by Gasteiger charge is 2.21. The second-order valence-electron chi connectivity index (χ2n) is 7.61. The van der Waals surface area contributed by atoms with Crippen molar-refractivity contribution in [1.29, 1.82) is 0 Å². The van der Waals surface area contributed by atoms with Crippen molar-refractivity contribution >= 4 is 28.6 Å². The fraction of sp³-hybridized carbons (Fsp3) is 0.600. The van der Waals surface area contributed by atoms with Crippen LogP contribution in [0.25, 0.3) is 10.6 Å². The highest BCUT2D eigenvalue weighted by Crippen LogP contribution is 2.29. The van der Waals surface area contributed by atoms with Crippen molar-refractivity contribution in [3.05, 3.63) is 27.4 Å². The lowest BCUT2D eigenvalue weighted by Crippen LogP contribution is -2.39. The van der Waals surface area contributed by atoms with Gasteiger partial charge in [-0.05, 0) is 56.0 Å². The summed E-state index contributed by atoms with van der Waals surface area (Å²) >= 11 is 3.14. The minimum atomic E-state index is 0.0155. The third-order valence-electron chi connectivity index (χ3n) is 4.90. The summed E-state index contributed by atoms with van der Waals surface area (Å²) in [4.78, 5) is 20.3. The highest BCUT2D eigenvalue weighted by molar-refractivity contribution is 7.17. The van der Waals surface area contributed by atoms with Crippen LogP contribution in [0.1, 0.15) is 48.5 Å². The number of nitrogens with zero attached hydrogens (tertiary/aromatic N) is 2. The van der Waals surface area contributed by atoms with Crippen LogP contribution in [0.3, 0.4) is 0 Å². The van der Waals surface area contributed by atoms with Crippen molar-refractivity contribution in [2.45, 2.75) is 40.0 Å². The van der Waals surface area contributed by atoms with E-state index in [9.17, 15) is 4.79 Å². The minimum Gasteiger partial charge on any atom is -0.351 e. The van der Waals surface area contributed by atoms with Gasteiger partial charge < -0.3 is 10.2 Å². The molecule has 2 aromatic rings. The maximum absolute atomic E-state index is 12.5. The number of piperidine rings is 1. The van der Waals surface area contributed by atoms with Crippen LogP contribution in [-0.2, 0) is 0 Å². The molecule has 2 aromatic heterocycles. The number of likely N-dealkylation sites (tertiary alicyclic amines) is 1. The van der Waals surface area contributed by atoms with Crippen molar-refractivity contribution in [1.82, 2.24) is 15.2 Å². The zero-order valence-electron chi connectivity index (χ0n) is 16.0. The lowest BCUT2D eigenvalue weighted by atomic mass is 9.92. The van der Waals surface area contributed by atoms with Crippen LogP contribution >= 0.6 is 22.7 Å². The highest BCUT2D eigenvalue weighted by atomic mass is 32.1. The Morgan fingerprint density at radius 1 is 1.31 bits per heavy atom. The Morgan fingerprint density at radius 3 is 2.77 bits per heavy atom. The van der Waals surface area contributed by atoms with E-state index < -0.39 is 0 Å². The van der Waals surface area contributed by atoms with E-state index in [1.54, 1.807) is 11.3 Å².